The quantitative estimate of drug-likeness (QED) is 0.516. The average molecular weight is 393 g/mol. The molecule has 0 saturated carbocycles. The molecule has 0 aliphatic heterocycles. The topological polar surface area (TPSA) is 26.1 Å². The summed E-state index contributed by atoms with van der Waals surface area (Å²) in [6.07, 6.45) is 1.26. The van der Waals surface area contributed by atoms with Crippen LogP contribution in [0.1, 0.15) is 17.2 Å². The van der Waals surface area contributed by atoms with E-state index in [1.807, 2.05) is 6.26 Å². The van der Waals surface area contributed by atoms with Crippen molar-refractivity contribution in [1.29, 1.82) is 0 Å². The molecule has 0 radical (unpaired) electrons. The Labute approximate surface area is 154 Å². The van der Waals surface area contributed by atoms with Crippen LogP contribution in [0.5, 0.6) is 0 Å². The van der Waals surface area contributed by atoms with Gasteiger partial charge in [-0.2, -0.15) is 0 Å². The number of hydrogen-bond acceptors (Lipinski definition) is 2. The highest BCUT2D eigenvalue weighted by molar-refractivity contribution is 7.98. The first-order valence-corrected chi connectivity index (χ1v) is 9.15. The summed E-state index contributed by atoms with van der Waals surface area (Å²) in [5.41, 5.74) is 1.07. The molecule has 0 spiro atoms. The Morgan fingerprint density at radius 3 is 2.12 bits per heavy atom. The number of hydrogen-bond donors (Lipinski definition) is 0. The van der Waals surface area contributed by atoms with E-state index in [1.54, 1.807) is 24.1 Å². The summed E-state index contributed by atoms with van der Waals surface area (Å²) < 4.78 is 26.5. The van der Waals surface area contributed by atoms with Crippen LogP contribution in [0.2, 0.25) is 10.0 Å². The molecule has 130 valence electrons. The first-order chi connectivity index (χ1) is 11.3. The van der Waals surface area contributed by atoms with Gasteiger partial charge in [0.25, 0.3) is 0 Å². The molecule has 2 aromatic rings. The molecule has 0 aliphatic rings. The first kappa shape index (κ1) is 19.5. The van der Waals surface area contributed by atoms with Crippen molar-refractivity contribution >= 4 is 35.0 Å². The fourth-order valence-corrected chi connectivity index (χ4v) is 3.84. The van der Waals surface area contributed by atoms with Crippen molar-refractivity contribution in [2.45, 2.75) is 17.5 Å². The number of likely N-dealkylation sites (N-methyl/N-ethyl adjacent to an activating group) is 1. The molecule has 0 amide bonds. The van der Waals surface area contributed by atoms with E-state index >= 15 is 0 Å². The Kier molecular flexibility index (Phi) is 6.89. The van der Waals surface area contributed by atoms with Crippen LogP contribution in [-0.4, -0.2) is 29.9 Å². The molecule has 0 heterocycles. The van der Waals surface area contributed by atoms with E-state index in [4.69, 9.17) is 28.3 Å². The maximum atomic E-state index is 13.3. The maximum absolute atomic E-state index is 13.3. The smallest absolute Gasteiger partial charge is 0.195 e. The molecule has 7 heteroatoms. The van der Waals surface area contributed by atoms with E-state index in [0.29, 0.717) is 34.3 Å². The number of benzene rings is 2. The van der Waals surface area contributed by atoms with Gasteiger partial charge in [0.15, 0.2) is 6.10 Å². The fourth-order valence-electron chi connectivity index (χ4n) is 2.49. The van der Waals surface area contributed by atoms with Crippen molar-refractivity contribution < 1.29 is 13.9 Å². The molecule has 2 nitrogen and oxygen atoms in total. The van der Waals surface area contributed by atoms with Crippen LogP contribution in [0, 0.1) is 11.6 Å². The van der Waals surface area contributed by atoms with Crippen LogP contribution >= 0.6 is 35.0 Å². The van der Waals surface area contributed by atoms with Gasteiger partial charge in [-0.15, -0.1) is 11.8 Å². The third-order valence-electron chi connectivity index (χ3n) is 3.51. The lowest BCUT2D eigenvalue weighted by molar-refractivity contribution is 0.124. The van der Waals surface area contributed by atoms with E-state index in [0.717, 1.165) is 11.0 Å². The highest BCUT2D eigenvalue weighted by Crippen LogP contribution is 2.34. The predicted octanol–water partition coefficient (Wildman–Crippen LogP) is 4.89. The van der Waals surface area contributed by atoms with Gasteiger partial charge in [0, 0.05) is 17.5 Å². The normalized spacial score (nSPS) is 12.7. The monoisotopic (exact) mass is 392 g/mol. The number of halogens is 4. The Morgan fingerprint density at radius 1 is 1.08 bits per heavy atom. The number of thioether (sulfide) groups is 1. The summed E-state index contributed by atoms with van der Waals surface area (Å²) in [7, 11) is 1.78. The Morgan fingerprint density at radius 2 is 1.62 bits per heavy atom. The molecule has 0 aliphatic carbocycles. The van der Waals surface area contributed by atoms with Gasteiger partial charge >= 0.3 is 0 Å². The fraction of sp³-hybridized carbons (Fsp3) is 0.294. The lowest BCUT2D eigenvalue weighted by Crippen LogP contribution is -2.24. The maximum Gasteiger partial charge on any atom is 0.195 e. The Balaban J connectivity index is 2.10. The molecule has 2 rings (SSSR count). The third kappa shape index (κ3) is 5.07. The van der Waals surface area contributed by atoms with Gasteiger partial charge in [-0.1, -0.05) is 23.2 Å². The molecule has 0 saturated heterocycles. The van der Waals surface area contributed by atoms with Crippen molar-refractivity contribution in [2.24, 2.45) is 0 Å². The molecule has 1 atom stereocenters. The minimum Gasteiger partial charge on any atom is -0.439 e. The summed E-state index contributed by atoms with van der Waals surface area (Å²) in [6.45, 7) is 0.651. The van der Waals surface area contributed by atoms with Gasteiger partial charge in [0.1, 0.15) is 11.6 Å². The van der Waals surface area contributed by atoms with Crippen molar-refractivity contribution in [3.8, 4) is 0 Å². The zero-order valence-electron chi connectivity index (χ0n) is 13.2. The largest absolute Gasteiger partial charge is 0.439 e. The van der Waals surface area contributed by atoms with Crippen LogP contribution < -0.4 is 0 Å². The van der Waals surface area contributed by atoms with Crippen molar-refractivity contribution in [1.82, 2.24) is 4.90 Å². The summed E-state index contributed by atoms with van der Waals surface area (Å²) in [6, 6.07) is 6.98. The standard InChI is InChI=1S/C17H17Cl2F2NOS/c1-22(8-10-3-11(20)5-12(21)4-10)9-16(23)17-14(18)6-13(24-2)7-15(17)19/h3-7,16,23H,8-9H2,1-2H3/p+1. The van der Waals surface area contributed by atoms with Crippen molar-refractivity contribution in [3.63, 3.8) is 0 Å². The second-order valence-electron chi connectivity index (χ2n) is 5.53. The zero-order valence-corrected chi connectivity index (χ0v) is 15.6. The Bertz CT molecular complexity index is 686. The van der Waals surface area contributed by atoms with Crippen molar-refractivity contribution in [2.75, 3.05) is 19.8 Å². The van der Waals surface area contributed by atoms with E-state index in [9.17, 15) is 8.78 Å². The SMILES string of the molecule is CSc1cc(Cl)c(C([OH2+])CN(C)Cc2cc(F)cc(F)c2)c(Cl)c1. The molecule has 2 aromatic carbocycles. The lowest BCUT2D eigenvalue weighted by atomic mass is 10.1. The molecule has 2 N–H and O–H groups in total. The number of rotatable bonds is 6. The van der Waals surface area contributed by atoms with Crippen LogP contribution in [-0.2, 0) is 6.54 Å². The second-order valence-corrected chi connectivity index (χ2v) is 7.23. The van der Waals surface area contributed by atoms with Crippen LogP contribution in [0.4, 0.5) is 8.78 Å². The minimum atomic E-state index is -0.663. The van der Waals surface area contributed by atoms with E-state index in [-0.39, 0.29) is 0 Å². The zero-order chi connectivity index (χ0) is 17.9. The first-order valence-electron chi connectivity index (χ1n) is 7.17. The van der Waals surface area contributed by atoms with Crippen LogP contribution in [0.25, 0.3) is 0 Å². The second kappa shape index (κ2) is 8.50. The van der Waals surface area contributed by atoms with Crippen LogP contribution in [0.15, 0.2) is 35.2 Å². The van der Waals surface area contributed by atoms with Gasteiger partial charge in [-0.25, -0.2) is 8.78 Å². The molecule has 1 unspecified atom stereocenters. The third-order valence-corrected chi connectivity index (χ3v) is 4.84. The van der Waals surface area contributed by atoms with E-state index in [1.165, 1.54) is 23.9 Å². The summed E-state index contributed by atoms with van der Waals surface area (Å²) in [5, 5.41) is 9.25. The lowest BCUT2D eigenvalue weighted by Gasteiger charge is -2.20. The van der Waals surface area contributed by atoms with Gasteiger partial charge < -0.3 is 5.11 Å². The highest BCUT2D eigenvalue weighted by Gasteiger charge is 2.22. The van der Waals surface area contributed by atoms with E-state index < -0.39 is 17.7 Å². The van der Waals surface area contributed by atoms with Gasteiger partial charge in [0.2, 0.25) is 0 Å². The molecular formula is C17H18Cl2F2NOS+. The predicted molar refractivity (Wildman–Crippen MR) is 97.3 cm³/mol. The highest BCUT2D eigenvalue weighted by atomic mass is 35.5. The molecule has 0 fully saturated rings. The minimum absolute atomic E-state index is 0.322. The van der Waals surface area contributed by atoms with Crippen molar-refractivity contribution in [3.05, 3.63) is 63.1 Å². The molecule has 24 heavy (non-hydrogen) atoms. The molecular weight excluding hydrogens is 375 g/mol. The number of nitrogens with zero attached hydrogens (tertiary/aromatic N) is 1. The van der Waals surface area contributed by atoms with Gasteiger partial charge in [-0.05, 0) is 43.1 Å². The summed E-state index contributed by atoms with van der Waals surface area (Å²) in [5.74, 6) is -1.22. The Hall–Kier alpha value is -0.850. The van der Waals surface area contributed by atoms with Crippen LogP contribution in [0.3, 0.4) is 0 Å². The summed E-state index contributed by atoms with van der Waals surface area (Å²) in [4.78, 5) is 2.74. The average Bonchev–Trinajstić information content (AvgIpc) is 2.44. The molecule has 0 bridgehead atoms. The van der Waals surface area contributed by atoms with Gasteiger partial charge in [0.05, 0.1) is 22.2 Å². The van der Waals surface area contributed by atoms with E-state index in [2.05, 4.69) is 0 Å². The molecule has 0 aromatic heterocycles. The summed E-state index contributed by atoms with van der Waals surface area (Å²) >= 11 is 14.0. The van der Waals surface area contributed by atoms with Gasteiger partial charge in [-0.3, -0.25) is 4.90 Å².